The number of likely N-dealkylation sites (N-methyl/N-ethyl adjacent to an activating group) is 2. The Morgan fingerprint density at radius 1 is 1.09 bits per heavy atom. The number of hydrogen-bond donors (Lipinski definition) is 0. The molecular weight excluding hydrogens is 290 g/mol. The molecule has 5 nitrogen and oxygen atoms in total. The van der Waals surface area contributed by atoms with Crippen molar-refractivity contribution in [2.45, 2.75) is 12.8 Å². The Hall–Kier alpha value is -2.14. The molecule has 2 rings (SSSR count). The zero-order valence-electron chi connectivity index (χ0n) is 14.2. The van der Waals surface area contributed by atoms with E-state index >= 15 is 0 Å². The van der Waals surface area contributed by atoms with Gasteiger partial charge in [0.2, 0.25) is 5.91 Å². The lowest BCUT2D eigenvalue weighted by molar-refractivity contribution is -0.113. The van der Waals surface area contributed by atoms with Crippen molar-refractivity contribution in [1.82, 2.24) is 9.80 Å². The van der Waals surface area contributed by atoms with Gasteiger partial charge in [-0.15, -0.1) is 0 Å². The van der Waals surface area contributed by atoms with Gasteiger partial charge in [0.05, 0.1) is 0 Å². The third-order valence-electron chi connectivity index (χ3n) is 3.96. The molecule has 0 spiro atoms. The number of nitrogens with zero attached hydrogens (tertiary/aromatic N) is 3. The van der Waals surface area contributed by atoms with Gasteiger partial charge in [-0.1, -0.05) is 6.08 Å². The highest BCUT2D eigenvalue weighted by atomic mass is 16.2. The molecule has 5 heteroatoms. The largest absolute Gasteiger partial charge is 0.339 e. The fourth-order valence-electron chi connectivity index (χ4n) is 2.53. The summed E-state index contributed by atoms with van der Waals surface area (Å²) in [4.78, 5) is 29.8. The molecule has 0 saturated carbocycles. The molecule has 0 N–H and O–H groups in total. The molecular formula is C18H25N3O2. The SMILES string of the molecule is CN(C)C/C=C/C(=O)N(C)c1ccc(C(=O)N2CCCC2)cc1. The molecule has 1 aliphatic rings. The summed E-state index contributed by atoms with van der Waals surface area (Å²) in [6, 6.07) is 7.23. The Balaban J connectivity index is 1.99. The molecule has 1 aliphatic heterocycles. The first-order chi connectivity index (χ1) is 11.0. The Morgan fingerprint density at radius 2 is 1.70 bits per heavy atom. The van der Waals surface area contributed by atoms with E-state index in [1.165, 1.54) is 0 Å². The Morgan fingerprint density at radius 3 is 2.26 bits per heavy atom. The highest BCUT2D eigenvalue weighted by molar-refractivity contribution is 6.01. The smallest absolute Gasteiger partial charge is 0.253 e. The molecule has 1 fully saturated rings. The maximum atomic E-state index is 12.3. The topological polar surface area (TPSA) is 43.9 Å². The maximum absolute atomic E-state index is 12.3. The van der Waals surface area contributed by atoms with E-state index in [0.717, 1.165) is 38.2 Å². The minimum absolute atomic E-state index is 0.0777. The van der Waals surface area contributed by atoms with E-state index in [1.54, 1.807) is 30.2 Å². The molecule has 23 heavy (non-hydrogen) atoms. The van der Waals surface area contributed by atoms with Gasteiger partial charge in [-0.2, -0.15) is 0 Å². The van der Waals surface area contributed by atoms with Crippen LogP contribution < -0.4 is 4.90 Å². The summed E-state index contributed by atoms with van der Waals surface area (Å²) >= 11 is 0. The minimum Gasteiger partial charge on any atom is -0.339 e. The number of amides is 2. The van der Waals surface area contributed by atoms with E-state index in [-0.39, 0.29) is 11.8 Å². The monoisotopic (exact) mass is 315 g/mol. The number of anilines is 1. The van der Waals surface area contributed by atoms with E-state index in [9.17, 15) is 9.59 Å². The number of likely N-dealkylation sites (tertiary alicyclic amines) is 1. The second kappa shape index (κ2) is 7.92. The maximum Gasteiger partial charge on any atom is 0.253 e. The van der Waals surface area contributed by atoms with Crippen molar-refractivity contribution in [2.75, 3.05) is 45.7 Å². The summed E-state index contributed by atoms with van der Waals surface area (Å²) in [6.45, 7) is 2.41. The number of rotatable bonds is 5. The van der Waals surface area contributed by atoms with E-state index in [2.05, 4.69) is 0 Å². The molecule has 0 unspecified atom stereocenters. The van der Waals surface area contributed by atoms with Crippen LogP contribution in [0.1, 0.15) is 23.2 Å². The van der Waals surface area contributed by atoms with Gasteiger partial charge < -0.3 is 14.7 Å². The zero-order valence-corrected chi connectivity index (χ0v) is 14.2. The van der Waals surface area contributed by atoms with Gasteiger partial charge >= 0.3 is 0 Å². The summed E-state index contributed by atoms with van der Waals surface area (Å²) < 4.78 is 0. The van der Waals surface area contributed by atoms with Gasteiger partial charge in [0.15, 0.2) is 0 Å². The van der Waals surface area contributed by atoms with Crippen molar-refractivity contribution in [2.24, 2.45) is 0 Å². The molecule has 124 valence electrons. The van der Waals surface area contributed by atoms with Gasteiger partial charge in [-0.3, -0.25) is 9.59 Å². The predicted molar refractivity (Wildman–Crippen MR) is 92.7 cm³/mol. The number of hydrogen-bond acceptors (Lipinski definition) is 3. The van der Waals surface area contributed by atoms with Crippen LogP contribution in [-0.4, -0.2) is 62.4 Å². The lowest BCUT2D eigenvalue weighted by atomic mass is 10.1. The van der Waals surface area contributed by atoms with Crippen LogP contribution in [0.3, 0.4) is 0 Å². The number of benzene rings is 1. The summed E-state index contributed by atoms with van der Waals surface area (Å²) in [5.74, 6) is -0.000576. The molecule has 0 atom stereocenters. The summed E-state index contributed by atoms with van der Waals surface area (Å²) in [7, 11) is 5.64. The zero-order chi connectivity index (χ0) is 16.8. The number of carbonyl (C=O) groups is 2. The van der Waals surface area contributed by atoms with Crippen molar-refractivity contribution in [3.8, 4) is 0 Å². The van der Waals surface area contributed by atoms with Crippen LogP contribution in [0.15, 0.2) is 36.4 Å². The second-order valence-corrected chi connectivity index (χ2v) is 6.11. The molecule has 1 aromatic carbocycles. The predicted octanol–water partition coefficient (Wildman–Crippen LogP) is 2.00. The fraction of sp³-hybridized carbons (Fsp3) is 0.444. The van der Waals surface area contributed by atoms with E-state index in [0.29, 0.717) is 5.56 Å². The van der Waals surface area contributed by atoms with Crippen molar-refractivity contribution >= 4 is 17.5 Å². The molecule has 0 aliphatic carbocycles. The Bertz CT molecular complexity index is 572. The van der Waals surface area contributed by atoms with Crippen LogP contribution in [0.5, 0.6) is 0 Å². The van der Waals surface area contributed by atoms with Gasteiger partial charge in [-0.05, 0) is 51.2 Å². The summed E-state index contributed by atoms with van der Waals surface area (Å²) in [5.41, 5.74) is 1.46. The standard InChI is InChI=1S/C18H25N3O2/c1-19(2)12-6-7-17(22)20(3)16-10-8-15(9-11-16)18(23)21-13-4-5-14-21/h6-11H,4-5,12-14H2,1-3H3/b7-6+. The summed E-state index contributed by atoms with van der Waals surface area (Å²) in [5, 5.41) is 0. The molecule has 0 aromatic heterocycles. The first-order valence-electron chi connectivity index (χ1n) is 7.97. The highest BCUT2D eigenvalue weighted by Crippen LogP contribution is 2.17. The normalized spacial score (nSPS) is 14.7. The average molecular weight is 315 g/mol. The average Bonchev–Trinajstić information content (AvgIpc) is 3.07. The van der Waals surface area contributed by atoms with Crippen LogP contribution in [0.4, 0.5) is 5.69 Å². The molecule has 1 heterocycles. The molecule has 1 aromatic rings. The van der Waals surface area contributed by atoms with Crippen molar-refractivity contribution < 1.29 is 9.59 Å². The molecule has 1 saturated heterocycles. The Kier molecular flexibility index (Phi) is 5.93. The van der Waals surface area contributed by atoms with Gasteiger partial charge in [-0.25, -0.2) is 0 Å². The molecule has 2 amide bonds. The first kappa shape index (κ1) is 17.2. The lowest BCUT2D eigenvalue weighted by Gasteiger charge is -2.18. The van der Waals surface area contributed by atoms with Crippen LogP contribution in [-0.2, 0) is 4.79 Å². The first-order valence-corrected chi connectivity index (χ1v) is 7.97. The van der Waals surface area contributed by atoms with Crippen molar-refractivity contribution in [3.05, 3.63) is 42.0 Å². The van der Waals surface area contributed by atoms with Crippen molar-refractivity contribution in [1.29, 1.82) is 0 Å². The van der Waals surface area contributed by atoms with Crippen LogP contribution in [0, 0.1) is 0 Å². The van der Waals surface area contributed by atoms with Crippen molar-refractivity contribution in [3.63, 3.8) is 0 Å². The summed E-state index contributed by atoms with van der Waals surface area (Å²) in [6.07, 6.45) is 5.58. The van der Waals surface area contributed by atoms with E-state index < -0.39 is 0 Å². The third kappa shape index (κ3) is 4.66. The quantitative estimate of drug-likeness (QED) is 0.781. The van der Waals surface area contributed by atoms with E-state index in [1.807, 2.05) is 42.1 Å². The molecule has 0 bridgehead atoms. The lowest BCUT2D eigenvalue weighted by Crippen LogP contribution is -2.28. The fourth-order valence-corrected chi connectivity index (χ4v) is 2.53. The molecule has 0 radical (unpaired) electrons. The van der Waals surface area contributed by atoms with Crippen LogP contribution >= 0.6 is 0 Å². The number of carbonyl (C=O) groups excluding carboxylic acids is 2. The van der Waals surface area contributed by atoms with Gasteiger partial charge in [0, 0.05) is 44.0 Å². The van der Waals surface area contributed by atoms with Gasteiger partial charge in [0.25, 0.3) is 5.91 Å². The third-order valence-corrected chi connectivity index (χ3v) is 3.96. The Labute approximate surface area is 138 Å². The highest BCUT2D eigenvalue weighted by Gasteiger charge is 2.19. The van der Waals surface area contributed by atoms with Crippen LogP contribution in [0.25, 0.3) is 0 Å². The van der Waals surface area contributed by atoms with Gasteiger partial charge in [0.1, 0.15) is 0 Å². The second-order valence-electron chi connectivity index (χ2n) is 6.11. The minimum atomic E-state index is -0.0783. The van der Waals surface area contributed by atoms with Crippen LogP contribution in [0.2, 0.25) is 0 Å². The van der Waals surface area contributed by atoms with E-state index in [4.69, 9.17) is 0 Å².